The van der Waals surface area contributed by atoms with Crippen LogP contribution in [0.2, 0.25) is 0 Å². The highest BCUT2D eigenvalue weighted by Crippen LogP contribution is 2.38. The number of nitrogens with one attached hydrogen (secondary N) is 7. The molecule has 0 aliphatic rings. The molecule has 484 valence electrons. The van der Waals surface area contributed by atoms with Gasteiger partial charge in [-0.15, -0.1) is 0 Å². The Kier molecular flexibility index (Phi) is 25.3. The number of nitrogens with two attached hydrogens (primary N) is 1. The predicted molar refractivity (Wildman–Crippen MR) is 350 cm³/mol. The molecule has 0 unspecified atom stereocenters. The average Bonchev–Trinajstić information content (AvgIpc) is 0.776. The molecule has 0 aromatic heterocycles. The number of ether oxygens (including phenoxy) is 3. The summed E-state index contributed by atoms with van der Waals surface area (Å²) in [6.07, 6.45) is -0.928. The number of hydrogen-bond acceptors (Lipinski definition) is 12. The van der Waals surface area contributed by atoms with Gasteiger partial charge in [0.1, 0.15) is 46.4 Å². The molecular weight excluding hydrogens is 1150 g/mol. The van der Waals surface area contributed by atoms with Gasteiger partial charge in [0.25, 0.3) is 0 Å². The number of carbonyl (C=O) groups excluding carboxylic acids is 8. The number of amides is 7. The van der Waals surface area contributed by atoms with E-state index in [0.717, 1.165) is 33.4 Å². The van der Waals surface area contributed by atoms with Crippen LogP contribution in [0.25, 0.3) is 0 Å². The van der Waals surface area contributed by atoms with Gasteiger partial charge in [0.15, 0.2) is 0 Å². The number of carbonyl (C=O) groups is 8. The Hall–Kier alpha value is -9.20. The van der Waals surface area contributed by atoms with Crippen LogP contribution in [-0.2, 0) is 58.9 Å². The largest absolute Gasteiger partial charge is 0.458 e. The molecule has 0 saturated heterocycles. The lowest BCUT2D eigenvalue weighted by atomic mass is 9.77. The van der Waals surface area contributed by atoms with Crippen LogP contribution in [0.1, 0.15) is 141 Å². The summed E-state index contributed by atoms with van der Waals surface area (Å²) < 4.78 is 17.1. The smallest absolute Gasteiger partial charge is 0.407 e. The van der Waals surface area contributed by atoms with E-state index in [9.17, 15) is 38.4 Å². The predicted octanol–water partition coefficient (Wildman–Crippen LogP) is 8.51. The van der Waals surface area contributed by atoms with Crippen molar-refractivity contribution in [1.29, 1.82) is 0 Å². The molecule has 5 atom stereocenters. The standard InChI is InChI=1S/C72H90N8O11/c1-49(62(83)77-58(66(87)90-69(5,6)7)43-29-30-46-74-67(88)91-70(8,9)10)75-64(85)57(44-45-60(81)79-71(50-31-17-11-18-32-50,51-33-19-12-20-34-51)52-35-21-13-22-36-52)76-65(86)59(48-89-68(2,3)4)78-63(84)56(73)47-61(82)80-72(53-37-23-14-24-38-53,54-39-25-15-26-40-54)55-41-27-16-28-42-55/h11-28,31-42,49,56-59H,29-30,43-48,73H2,1-10H3,(H,74,88)(H,75,85)(H,76,86)(H,77,83)(H,78,84)(H,79,81)(H,80,82)/t49-,56-,57-,58-,59-/m0/s1. The van der Waals surface area contributed by atoms with Gasteiger partial charge in [0.05, 0.1) is 24.7 Å². The first kappa shape index (κ1) is 70.9. The van der Waals surface area contributed by atoms with Gasteiger partial charge in [-0.05, 0) is 128 Å². The molecule has 19 nitrogen and oxygen atoms in total. The second-order valence-corrected chi connectivity index (χ2v) is 25.4. The highest BCUT2D eigenvalue weighted by Gasteiger charge is 2.41. The van der Waals surface area contributed by atoms with Gasteiger partial charge in [-0.25, -0.2) is 9.59 Å². The maximum atomic E-state index is 14.9. The lowest BCUT2D eigenvalue weighted by molar-refractivity contribution is -0.159. The lowest BCUT2D eigenvalue weighted by Crippen LogP contribution is -2.59. The van der Waals surface area contributed by atoms with Crippen molar-refractivity contribution in [3.8, 4) is 0 Å². The minimum absolute atomic E-state index is 0.107. The number of rotatable bonds is 29. The quantitative estimate of drug-likeness (QED) is 0.0125. The topological polar surface area (TPSA) is 274 Å². The fourth-order valence-electron chi connectivity index (χ4n) is 10.3. The number of hydrogen-bond donors (Lipinski definition) is 8. The van der Waals surface area contributed by atoms with Crippen LogP contribution in [0.3, 0.4) is 0 Å². The summed E-state index contributed by atoms with van der Waals surface area (Å²) in [5, 5.41) is 20.0. The monoisotopic (exact) mass is 1240 g/mol. The van der Waals surface area contributed by atoms with Crippen LogP contribution in [0.5, 0.6) is 0 Å². The van der Waals surface area contributed by atoms with Crippen molar-refractivity contribution in [1.82, 2.24) is 37.2 Å². The van der Waals surface area contributed by atoms with Crippen molar-refractivity contribution in [2.75, 3.05) is 13.2 Å². The molecule has 0 saturated carbocycles. The fourth-order valence-corrected chi connectivity index (χ4v) is 10.3. The third-order valence-electron chi connectivity index (χ3n) is 14.6. The number of esters is 1. The summed E-state index contributed by atoms with van der Waals surface area (Å²) in [5.41, 5.74) is 6.09. The molecule has 9 N–H and O–H groups in total. The molecule has 6 aromatic rings. The Morgan fingerprint density at radius 3 is 1.19 bits per heavy atom. The van der Waals surface area contributed by atoms with Gasteiger partial charge in [-0.3, -0.25) is 28.8 Å². The third kappa shape index (κ3) is 21.2. The van der Waals surface area contributed by atoms with E-state index in [1.165, 1.54) is 6.92 Å². The molecule has 6 aromatic carbocycles. The van der Waals surface area contributed by atoms with Crippen LogP contribution in [0.4, 0.5) is 4.79 Å². The zero-order valence-corrected chi connectivity index (χ0v) is 53.9. The van der Waals surface area contributed by atoms with Crippen LogP contribution < -0.4 is 43.0 Å². The van der Waals surface area contributed by atoms with Crippen LogP contribution >= 0.6 is 0 Å². The maximum Gasteiger partial charge on any atom is 0.407 e. The highest BCUT2D eigenvalue weighted by molar-refractivity contribution is 5.96. The Balaban J connectivity index is 1.27. The van der Waals surface area contributed by atoms with E-state index in [2.05, 4.69) is 37.2 Å². The van der Waals surface area contributed by atoms with Crippen molar-refractivity contribution in [3.63, 3.8) is 0 Å². The van der Waals surface area contributed by atoms with E-state index >= 15 is 0 Å². The zero-order valence-electron chi connectivity index (χ0n) is 53.9. The Bertz CT molecular complexity index is 3140. The Labute approximate surface area is 535 Å². The second kappa shape index (κ2) is 32.5. The molecule has 19 heteroatoms. The summed E-state index contributed by atoms with van der Waals surface area (Å²) >= 11 is 0. The van der Waals surface area contributed by atoms with E-state index in [0.29, 0.717) is 12.8 Å². The molecule has 0 fully saturated rings. The Morgan fingerprint density at radius 1 is 0.418 bits per heavy atom. The second-order valence-electron chi connectivity index (χ2n) is 25.4. The summed E-state index contributed by atoms with van der Waals surface area (Å²) in [6, 6.07) is 49.3. The summed E-state index contributed by atoms with van der Waals surface area (Å²) in [5.74, 6) is -5.29. The lowest BCUT2D eigenvalue weighted by Gasteiger charge is -2.37. The van der Waals surface area contributed by atoms with Gasteiger partial charge >= 0.3 is 12.1 Å². The molecule has 0 aliphatic carbocycles. The highest BCUT2D eigenvalue weighted by atomic mass is 16.6. The molecule has 6 rings (SSSR count). The maximum absolute atomic E-state index is 14.9. The minimum Gasteiger partial charge on any atom is -0.458 e. The molecular formula is C72H90N8O11. The van der Waals surface area contributed by atoms with Crippen molar-refractivity contribution in [2.45, 2.75) is 166 Å². The van der Waals surface area contributed by atoms with E-state index in [4.69, 9.17) is 19.9 Å². The molecule has 91 heavy (non-hydrogen) atoms. The summed E-state index contributed by atoms with van der Waals surface area (Å²) in [7, 11) is 0. The molecule has 0 radical (unpaired) electrons. The summed E-state index contributed by atoms with van der Waals surface area (Å²) in [6.45, 7) is 16.7. The van der Waals surface area contributed by atoms with Gasteiger partial charge in [0, 0.05) is 13.0 Å². The first-order chi connectivity index (χ1) is 43.1. The normalized spacial score (nSPS) is 13.5. The van der Waals surface area contributed by atoms with Crippen molar-refractivity contribution >= 4 is 47.5 Å². The average molecular weight is 1240 g/mol. The zero-order chi connectivity index (χ0) is 66.4. The van der Waals surface area contributed by atoms with Crippen LogP contribution in [0, 0.1) is 0 Å². The summed E-state index contributed by atoms with van der Waals surface area (Å²) in [4.78, 5) is 113. The Morgan fingerprint density at radius 2 is 0.791 bits per heavy atom. The van der Waals surface area contributed by atoms with Crippen molar-refractivity contribution in [2.24, 2.45) is 5.73 Å². The first-order valence-electron chi connectivity index (χ1n) is 30.9. The van der Waals surface area contributed by atoms with Gasteiger partial charge in [-0.1, -0.05) is 182 Å². The van der Waals surface area contributed by atoms with Crippen molar-refractivity contribution in [3.05, 3.63) is 215 Å². The van der Waals surface area contributed by atoms with E-state index in [-0.39, 0.29) is 25.8 Å². The van der Waals surface area contributed by atoms with Gasteiger partial charge < -0.3 is 57.2 Å². The number of benzene rings is 6. The van der Waals surface area contributed by atoms with Gasteiger partial charge in [0.2, 0.25) is 35.4 Å². The van der Waals surface area contributed by atoms with E-state index in [1.54, 1.807) is 62.3 Å². The first-order valence-corrected chi connectivity index (χ1v) is 30.9. The van der Waals surface area contributed by atoms with Crippen LogP contribution in [-0.4, -0.2) is 108 Å². The fraction of sp³-hybridized carbons (Fsp3) is 0.389. The number of alkyl carbamates (subject to hydrolysis) is 1. The SMILES string of the molecule is C[C@H](NC(=O)[C@H](CCC(=O)NC(c1ccccc1)(c1ccccc1)c1ccccc1)NC(=O)[C@H](COC(C)(C)C)NC(=O)[C@@H](N)CC(=O)NC(c1ccccc1)(c1ccccc1)c1ccccc1)C(=O)N[C@@H](CCCCNC(=O)OC(C)(C)C)C(=O)OC(C)(C)C. The number of unbranched alkanes of at least 4 members (excludes halogenated alkanes) is 1. The third-order valence-corrected chi connectivity index (χ3v) is 14.6. The van der Waals surface area contributed by atoms with Crippen LogP contribution in [0.15, 0.2) is 182 Å². The molecule has 0 spiro atoms. The minimum atomic E-state index is -1.55. The van der Waals surface area contributed by atoms with Gasteiger partial charge in [-0.2, -0.15) is 0 Å². The molecule has 0 aliphatic heterocycles. The van der Waals surface area contributed by atoms with Crippen molar-refractivity contribution < 1.29 is 52.6 Å². The van der Waals surface area contributed by atoms with E-state index < -0.39 is 119 Å². The molecule has 7 amide bonds. The molecule has 0 heterocycles. The molecule has 0 bridgehead atoms. The van der Waals surface area contributed by atoms with E-state index in [1.807, 2.05) is 182 Å².